The van der Waals surface area contributed by atoms with Crippen LogP contribution in [0.2, 0.25) is 0 Å². The van der Waals surface area contributed by atoms with E-state index in [1.807, 2.05) is 39.0 Å². The van der Waals surface area contributed by atoms with Gasteiger partial charge in [0.1, 0.15) is 6.04 Å². The van der Waals surface area contributed by atoms with Gasteiger partial charge in [-0.05, 0) is 30.5 Å². The van der Waals surface area contributed by atoms with Gasteiger partial charge in [0.25, 0.3) is 0 Å². The number of hydrogen-bond donors (Lipinski definition) is 3. The van der Waals surface area contributed by atoms with Crippen LogP contribution < -0.4 is 16.8 Å². The van der Waals surface area contributed by atoms with E-state index in [2.05, 4.69) is 5.32 Å². The van der Waals surface area contributed by atoms with Crippen molar-refractivity contribution in [3.05, 3.63) is 23.8 Å². The van der Waals surface area contributed by atoms with Crippen LogP contribution >= 0.6 is 0 Å². The number of anilines is 2. The fourth-order valence-corrected chi connectivity index (χ4v) is 1.53. The topological polar surface area (TPSA) is 81.1 Å². The summed E-state index contributed by atoms with van der Waals surface area (Å²) in [4.78, 5) is 11.3. The van der Waals surface area contributed by atoms with Gasteiger partial charge in [0.15, 0.2) is 0 Å². The predicted molar refractivity (Wildman–Crippen MR) is 67.0 cm³/mol. The maximum atomic E-state index is 11.3. The SMILES string of the molecule is Cc1ccc(N)c(NC(C(N)=O)C(C)C)c1. The van der Waals surface area contributed by atoms with Gasteiger partial charge in [0.05, 0.1) is 11.4 Å². The lowest BCUT2D eigenvalue weighted by Gasteiger charge is -2.21. The third-order valence-electron chi connectivity index (χ3n) is 2.49. The molecule has 1 atom stereocenters. The zero-order valence-electron chi connectivity index (χ0n) is 9.95. The number of benzene rings is 1. The lowest BCUT2D eigenvalue weighted by molar-refractivity contribution is -0.119. The molecule has 0 saturated heterocycles. The molecule has 0 aromatic heterocycles. The average molecular weight is 221 g/mol. The van der Waals surface area contributed by atoms with Crippen molar-refractivity contribution in [2.45, 2.75) is 26.8 Å². The van der Waals surface area contributed by atoms with Crippen LogP contribution in [0.3, 0.4) is 0 Å². The van der Waals surface area contributed by atoms with Crippen LogP contribution in [0.15, 0.2) is 18.2 Å². The summed E-state index contributed by atoms with van der Waals surface area (Å²) >= 11 is 0. The molecule has 0 aliphatic carbocycles. The molecule has 1 amide bonds. The Morgan fingerprint density at radius 1 is 1.38 bits per heavy atom. The lowest BCUT2D eigenvalue weighted by atomic mass is 10.0. The molecule has 0 fully saturated rings. The van der Waals surface area contributed by atoms with E-state index in [1.54, 1.807) is 0 Å². The molecule has 0 spiro atoms. The van der Waals surface area contributed by atoms with Gasteiger partial charge >= 0.3 is 0 Å². The summed E-state index contributed by atoms with van der Waals surface area (Å²) in [5.41, 5.74) is 13.6. The maximum Gasteiger partial charge on any atom is 0.240 e. The predicted octanol–water partition coefficient (Wildman–Crippen LogP) is 1.50. The largest absolute Gasteiger partial charge is 0.397 e. The Hall–Kier alpha value is -1.71. The lowest BCUT2D eigenvalue weighted by Crippen LogP contribution is -2.39. The Kier molecular flexibility index (Phi) is 3.77. The van der Waals surface area contributed by atoms with Crippen molar-refractivity contribution in [1.29, 1.82) is 0 Å². The molecule has 5 N–H and O–H groups in total. The number of nitrogen functional groups attached to an aromatic ring is 1. The Morgan fingerprint density at radius 2 is 2.00 bits per heavy atom. The fourth-order valence-electron chi connectivity index (χ4n) is 1.53. The number of nitrogens with one attached hydrogen (secondary N) is 1. The van der Waals surface area contributed by atoms with Gasteiger partial charge in [-0.1, -0.05) is 19.9 Å². The van der Waals surface area contributed by atoms with E-state index in [4.69, 9.17) is 11.5 Å². The van der Waals surface area contributed by atoms with Gasteiger partial charge in [0, 0.05) is 0 Å². The van der Waals surface area contributed by atoms with Crippen molar-refractivity contribution >= 4 is 17.3 Å². The summed E-state index contributed by atoms with van der Waals surface area (Å²) in [5, 5.41) is 3.09. The molecule has 0 saturated carbocycles. The summed E-state index contributed by atoms with van der Waals surface area (Å²) in [6, 6.07) is 5.25. The molecule has 1 rings (SSSR count). The van der Waals surface area contributed by atoms with Crippen LogP contribution in [0.5, 0.6) is 0 Å². The van der Waals surface area contributed by atoms with Gasteiger partial charge in [-0.3, -0.25) is 4.79 Å². The first-order valence-electron chi connectivity index (χ1n) is 5.33. The standard InChI is InChI=1S/C12H19N3O/c1-7(2)11(12(14)16)15-10-6-8(3)4-5-9(10)13/h4-7,11,15H,13H2,1-3H3,(H2,14,16). The molecule has 1 aromatic carbocycles. The molecule has 0 radical (unpaired) electrons. The van der Waals surface area contributed by atoms with Crippen molar-refractivity contribution in [2.75, 3.05) is 11.1 Å². The first-order valence-corrected chi connectivity index (χ1v) is 5.33. The number of hydrogen-bond acceptors (Lipinski definition) is 3. The van der Waals surface area contributed by atoms with Crippen LogP contribution in [-0.2, 0) is 4.79 Å². The number of nitrogens with two attached hydrogens (primary N) is 2. The highest BCUT2D eigenvalue weighted by Gasteiger charge is 2.19. The molecule has 1 unspecified atom stereocenters. The smallest absolute Gasteiger partial charge is 0.240 e. The Labute approximate surface area is 96.0 Å². The molecule has 0 heterocycles. The maximum absolute atomic E-state index is 11.3. The van der Waals surface area contributed by atoms with Crippen molar-refractivity contribution in [3.63, 3.8) is 0 Å². The summed E-state index contributed by atoms with van der Waals surface area (Å²) in [6.07, 6.45) is 0. The van der Waals surface area contributed by atoms with Gasteiger partial charge in [-0.2, -0.15) is 0 Å². The second-order valence-electron chi connectivity index (χ2n) is 4.36. The van der Waals surface area contributed by atoms with E-state index in [0.29, 0.717) is 5.69 Å². The molecular weight excluding hydrogens is 202 g/mol. The minimum atomic E-state index is -0.399. The van der Waals surface area contributed by atoms with E-state index in [1.165, 1.54) is 0 Å². The van der Waals surface area contributed by atoms with E-state index >= 15 is 0 Å². The molecule has 4 heteroatoms. The number of aryl methyl sites for hydroxylation is 1. The van der Waals surface area contributed by atoms with E-state index in [-0.39, 0.29) is 11.8 Å². The second kappa shape index (κ2) is 4.88. The van der Waals surface area contributed by atoms with Crippen LogP contribution in [0.4, 0.5) is 11.4 Å². The Bertz CT molecular complexity index is 388. The molecular formula is C12H19N3O. The fraction of sp³-hybridized carbons (Fsp3) is 0.417. The number of carbonyl (C=O) groups is 1. The quantitative estimate of drug-likeness (QED) is 0.674. The monoisotopic (exact) mass is 221 g/mol. The van der Waals surface area contributed by atoms with E-state index in [9.17, 15) is 4.79 Å². The highest BCUT2D eigenvalue weighted by Crippen LogP contribution is 2.21. The first kappa shape index (κ1) is 12.4. The molecule has 4 nitrogen and oxygen atoms in total. The number of carbonyl (C=O) groups excluding carboxylic acids is 1. The average Bonchev–Trinajstić information content (AvgIpc) is 2.18. The summed E-state index contributed by atoms with van der Waals surface area (Å²) in [6.45, 7) is 5.85. The van der Waals surface area contributed by atoms with Crippen LogP contribution in [0, 0.1) is 12.8 Å². The number of rotatable bonds is 4. The van der Waals surface area contributed by atoms with Crippen molar-refractivity contribution in [3.8, 4) is 0 Å². The first-order chi connectivity index (χ1) is 7.41. The Morgan fingerprint density at radius 3 is 2.50 bits per heavy atom. The van der Waals surface area contributed by atoms with Gasteiger partial charge in [-0.15, -0.1) is 0 Å². The van der Waals surface area contributed by atoms with Gasteiger partial charge in [-0.25, -0.2) is 0 Å². The van der Waals surface area contributed by atoms with Gasteiger partial charge in [0.2, 0.25) is 5.91 Å². The summed E-state index contributed by atoms with van der Waals surface area (Å²) in [7, 11) is 0. The normalized spacial score (nSPS) is 12.5. The molecule has 1 aromatic rings. The number of primary amides is 1. The van der Waals surface area contributed by atoms with Crippen LogP contribution in [-0.4, -0.2) is 11.9 Å². The van der Waals surface area contributed by atoms with Crippen molar-refractivity contribution in [1.82, 2.24) is 0 Å². The molecule has 16 heavy (non-hydrogen) atoms. The molecule has 0 bridgehead atoms. The summed E-state index contributed by atoms with van der Waals surface area (Å²) in [5.74, 6) is -0.242. The summed E-state index contributed by atoms with van der Waals surface area (Å²) < 4.78 is 0. The highest BCUT2D eigenvalue weighted by molar-refractivity contribution is 5.84. The third kappa shape index (κ3) is 2.89. The van der Waals surface area contributed by atoms with E-state index < -0.39 is 6.04 Å². The van der Waals surface area contributed by atoms with Crippen molar-refractivity contribution < 1.29 is 4.79 Å². The molecule has 88 valence electrons. The third-order valence-corrected chi connectivity index (χ3v) is 2.49. The minimum Gasteiger partial charge on any atom is -0.397 e. The van der Waals surface area contributed by atoms with Crippen molar-refractivity contribution in [2.24, 2.45) is 11.7 Å². The zero-order chi connectivity index (χ0) is 12.3. The van der Waals surface area contributed by atoms with Crippen LogP contribution in [0.1, 0.15) is 19.4 Å². The van der Waals surface area contributed by atoms with Gasteiger partial charge < -0.3 is 16.8 Å². The highest BCUT2D eigenvalue weighted by atomic mass is 16.1. The zero-order valence-corrected chi connectivity index (χ0v) is 9.95. The second-order valence-corrected chi connectivity index (χ2v) is 4.36. The Balaban J connectivity index is 2.93. The van der Waals surface area contributed by atoms with E-state index in [0.717, 1.165) is 11.3 Å². The molecule has 0 aliphatic heterocycles. The minimum absolute atomic E-state index is 0.123. The number of amides is 1. The molecule has 0 aliphatic rings. The van der Waals surface area contributed by atoms with Crippen LogP contribution in [0.25, 0.3) is 0 Å².